The lowest BCUT2D eigenvalue weighted by molar-refractivity contribution is -0.115. The van der Waals surface area contributed by atoms with Crippen LogP contribution in [-0.2, 0) is 11.2 Å². The molecule has 0 saturated carbocycles. The van der Waals surface area contributed by atoms with Gasteiger partial charge in [0.05, 0.1) is 18.3 Å². The van der Waals surface area contributed by atoms with Gasteiger partial charge in [-0.15, -0.1) is 0 Å². The number of rotatable bonds is 5. The summed E-state index contributed by atoms with van der Waals surface area (Å²) in [5, 5.41) is 11.9. The molecule has 0 radical (unpaired) electrons. The molecule has 0 unspecified atom stereocenters. The normalized spacial score (nSPS) is 13.7. The molecule has 8 nitrogen and oxygen atoms in total. The number of carboxylic acid groups (broad SMARTS) is 1. The van der Waals surface area contributed by atoms with Gasteiger partial charge in [-0.1, -0.05) is 24.3 Å². The molecule has 164 valence electrons. The Hall–Kier alpha value is -3.94. The van der Waals surface area contributed by atoms with Crippen LogP contribution in [-0.4, -0.2) is 58.2 Å². The molecule has 1 fully saturated rings. The lowest BCUT2D eigenvalue weighted by Crippen LogP contribution is -2.48. The maximum Gasteiger partial charge on any atom is 0.407 e. The zero-order valence-corrected chi connectivity index (χ0v) is 17.9. The maximum absolute atomic E-state index is 12.4. The van der Waals surface area contributed by atoms with E-state index in [1.165, 1.54) is 4.90 Å². The van der Waals surface area contributed by atoms with E-state index in [9.17, 15) is 9.59 Å². The third-order valence-electron chi connectivity index (χ3n) is 5.48. The Morgan fingerprint density at radius 2 is 1.72 bits per heavy atom. The van der Waals surface area contributed by atoms with Crippen LogP contribution in [0.1, 0.15) is 11.3 Å². The first-order valence-corrected chi connectivity index (χ1v) is 10.5. The number of benzene rings is 1. The Balaban J connectivity index is 1.31. The van der Waals surface area contributed by atoms with Crippen LogP contribution in [0.4, 0.5) is 16.3 Å². The highest BCUT2D eigenvalue weighted by Crippen LogP contribution is 2.21. The quantitative estimate of drug-likeness (QED) is 0.642. The molecule has 1 saturated heterocycles. The molecule has 1 aromatic carbocycles. The summed E-state index contributed by atoms with van der Waals surface area (Å²) in [5.41, 5.74) is 4.98. The monoisotopic (exact) mass is 431 g/mol. The van der Waals surface area contributed by atoms with E-state index in [0.29, 0.717) is 32.0 Å². The van der Waals surface area contributed by atoms with E-state index < -0.39 is 6.09 Å². The molecule has 0 bridgehead atoms. The number of carbonyl (C=O) groups excluding carboxylic acids is 1. The van der Waals surface area contributed by atoms with Crippen molar-refractivity contribution in [2.45, 2.75) is 13.3 Å². The van der Waals surface area contributed by atoms with Crippen molar-refractivity contribution in [2.24, 2.45) is 0 Å². The molecule has 0 atom stereocenters. The van der Waals surface area contributed by atoms with Gasteiger partial charge in [-0.25, -0.2) is 9.78 Å². The molecule has 1 aliphatic heterocycles. The van der Waals surface area contributed by atoms with Gasteiger partial charge in [-0.05, 0) is 47.9 Å². The van der Waals surface area contributed by atoms with E-state index in [0.717, 1.165) is 28.1 Å². The van der Waals surface area contributed by atoms with Gasteiger partial charge in [0.1, 0.15) is 5.82 Å². The first-order valence-electron chi connectivity index (χ1n) is 10.5. The van der Waals surface area contributed by atoms with Crippen molar-refractivity contribution in [3.63, 3.8) is 0 Å². The topological polar surface area (TPSA) is 98.7 Å². The number of pyridine rings is 2. The highest BCUT2D eigenvalue weighted by atomic mass is 16.4. The summed E-state index contributed by atoms with van der Waals surface area (Å²) < 4.78 is 0. The van der Waals surface area contributed by atoms with E-state index in [-0.39, 0.29) is 12.3 Å². The first-order chi connectivity index (χ1) is 15.5. The minimum atomic E-state index is -0.886. The average Bonchev–Trinajstić information content (AvgIpc) is 2.80. The largest absolute Gasteiger partial charge is 0.465 e. The van der Waals surface area contributed by atoms with Crippen molar-refractivity contribution in [2.75, 3.05) is 36.4 Å². The molecular weight excluding hydrogens is 406 g/mol. The molecule has 2 N–H and O–H groups in total. The number of anilines is 2. The van der Waals surface area contributed by atoms with Crippen LogP contribution in [0.3, 0.4) is 0 Å². The number of aromatic nitrogens is 2. The van der Waals surface area contributed by atoms with Gasteiger partial charge in [0.15, 0.2) is 0 Å². The second-order valence-electron chi connectivity index (χ2n) is 7.77. The third-order valence-corrected chi connectivity index (χ3v) is 5.48. The van der Waals surface area contributed by atoms with Gasteiger partial charge in [0, 0.05) is 38.1 Å². The molecule has 1 aliphatic rings. The Morgan fingerprint density at radius 3 is 2.34 bits per heavy atom. The third kappa shape index (κ3) is 5.21. The Labute approximate surface area is 186 Å². The van der Waals surface area contributed by atoms with Crippen molar-refractivity contribution in [1.82, 2.24) is 14.9 Å². The van der Waals surface area contributed by atoms with E-state index >= 15 is 0 Å². The molecule has 0 aliphatic carbocycles. The van der Waals surface area contributed by atoms with E-state index in [2.05, 4.69) is 20.2 Å². The van der Waals surface area contributed by atoms with Gasteiger partial charge >= 0.3 is 6.09 Å². The maximum atomic E-state index is 12.4. The smallest absolute Gasteiger partial charge is 0.407 e. The van der Waals surface area contributed by atoms with Gasteiger partial charge < -0.3 is 20.2 Å². The molecule has 4 rings (SSSR count). The van der Waals surface area contributed by atoms with Crippen molar-refractivity contribution >= 4 is 23.5 Å². The van der Waals surface area contributed by atoms with Crippen LogP contribution in [0.2, 0.25) is 0 Å². The summed E-state index contributed by atoms with van der Waals surface area (Å²) in [4.78, 5) is 35.5. The highest BCUT2D eigenvalue weighted by molar-refractivity contribution is 5.91. The molecule has 32 heavy (non-hydrogen) atoms. The van der Waals surface area contributed by atoms with Crippen LogP contribution in [0.5, 0.6) is 0 Å². The fourth-order valence-corrected chi connectivity index (χ4v) is 3.72. The number of hydrogen-bond acceptors (Lipinski definition) is 5. The van der Waals surface area contributed by atoms with E-state index in [4.69, 9.17) is 5.11 Å². The summed E-state index contributed by atoms with van der Waals surface area (Å²) in [7, 11) is 0. The number of hydrogen-bond donors (Lipinski definition) is 2. The average molecular weight is 431 g/mol. The second-order valence-corrected chi connectivity index (χ2v) is 7.77. The van der Waals surface area contributed by atoms with Crippen LogP contribution < -0.4 is 10.2 Å². The predicted molar refractivity (Wildman–Crippen MR) is 123 cm³/mol. The molecule has 2 amide bonds. The van der Waals surface area contributed by atoms with Crippen LogP contribution >= 0.6 is 0 Å². The minimum Gasteiger partial charge on any atom is -0.465 e. The number of amides is 2. The summed E-state index contributed by atoms with van der Waals surface area (Å²) in [6, 6.07) is 15.6. The van der Waals surface area contributed by atoms with Crippen molar-refractivity contribution in [3.8, 4) is 11.1 Å². The fourth-order valence-electron chi connectivity index (χ4n) is 3.72. The van der Waals surface area contributed by atoms with Crippen LogP contribution in [0.15, 0.2) is 60.9 Å². The number of piperazine rings is 1. The van der Waals surface area contributed by atoms with E-state index in [1.807, 2.05) is 49.4 Å². The van der Waals surface area contributed by atoms with Crippen molar-refractivity contribution < 1.29 is 14.7 Å². The molecular formula is C24H25N5O3. The summed E-state index contributed by atoms with van der Waals surface area (Å²) in [5.74, 6) is 0.361. The second kappa shape index (κ2) is 9.47. The molecule has 0 spiro atoms. The fraction of sp³-hybridized carbons (Fsp3) is 0.250. The zero-order chi connectivity index (χ0) is 22.5. The Morgan fingerprint density at radius 1 is 0.969 bits per heavy atom. The predicted octanol–water partition coefficient (Wildman–Crippen LogP) is 3.43. The number of nitrogens with zero attached hydrogens (tertiary/aromatic N) is 4. The van der Waals surface area contributed by atoms with Gasteiger partial charge in [0.2, 0.25) is 5.91 Å². The van der Waals surface area contributed by atoms with Gasteiger partial charge in [-0.2, -0.15) is 0 Å². The first kappa shape index (κ1) is 21.3. The minimum absolute atomic E-state index is 0.132. The van der Waals surface area contributed by atoms with Crippen molar-refractivity contribution in [1.29, 1.82) is 0 Å². The lowest BCUT2D eigenvalue weighted by atomic mass is 10.0. The summed E-state index contributed by atoms with van der Waals surface area (Å²) in [6.07, 6.45) is 2.87. The molecule has 3 heterocycles. The van der Waals surface area contributed by atoms with Crippen molar-refractivity contribution in [3.05, 3.63) is 72.2 Å². The van der Waals surface area contributed by atoms with Gasteiger partial charge in [0.25, 0.3) is 0 Å². The summed E-state index contributed by atoms with van der Waals surface area (Å²) in [6.45, 7) is 4.13. The number of carbonyl (C=O) groups is 2. The lowest BCUT2D eigenvalue weighted by Gasteiger charge is -2.34. The zero-order valence-electron chi connectivity index (χ0n) is 17.9. The SMILES string of the molecule is Cc1cc(-c2ccc(CC(=O)Nc3ccc(N4CCN(C(=O)O)CC4)cn3)cc2)ccn1. The Bertz CT molecular complexity index is 1090. The molecule has 8 heteroatoms. The molecule has 3 aromatic rings. The summed E-state index contributed by atoms with van der Waals surface area (Å²) >= 11 is 0. The van der Waals surface area contributed by atoms with Gasteiger partial charge in [-0.3, -0.25) is 9.78 Å². The Kier molecular flexibility index (Phi) is 6.30. The molecule has 2 aromatic heterocycles. The number of nitrogens with one attached hydrogen (secondary N) is 1. The highest BCUT2D eigenvalue weighted by Gasteiger charge is 2.20. The number of aryl methyl sites for hydroxylation is 1. The van der Waals surface area contributed by atoms with Crippen LogP contribution in [0, 0.1) is 6.92 Å². The standard InChI is InChI=1S/C24H25N5O3/c1-17-14-20(8-9-25-17)19-4-2-18(3-5-19)15-23(30)27-22-7-6-21(16-26-22)28-10-12-29(13-11-28)24(31)32/h2-9,14,16H,10-13,15H2,1H3,(H,31,32)(H,26,27,30). The van der Waals surface area contributed by atoms with Crippen LogP contribution in [0.25, 0.3) is 11.1 Å². The van der Waals surface area contributed by atoms with E-state index in [1.54, 1.807) is 18.5 Å².